The fourth-order valence-corrected chi connectivity index (χ4v) is 5.20. The molecule has 0 saturated carbocycles. The maximum Gasteiger partial charge on any atom is 0.241 e. The molecule has 0 saturated heterocycles. The van der Waals surface area contributed by atoms with Crippen LogP contribution in [0, 0.1) is 5.82 Å². The van der Waals surface area contributed by atoms with E-state index in [-0.39, 0.29) is 29.2 Å². The highest BCUT2D eigenvalue weighted by Crippen LogP contribution is 2.27. The third-order valence-electron chi connectivity index (χ3n) is 4.29. The van der Waals surface area contributed by atoms with Crippen molar-refractivity contribution in [2.24, 2.45) is 0 Å². The predicted molar refractivity (Wildman–Crippen MR) is 119 cm³/mol. The lowest BCUT2D eigenvalue weighted by Gasteiger charge is -2.16. The van der Waals surface area contributed by atoms with E-state index in [9.17, 15) is 12.8 Å². The van der Waals surface area contributed by atoms with Crippen LogP contribution in [-0.2, 0) is 16.4 Å². The summed E-state index contributed by atoms with van der Waals surface area (Å²) in [5.74, 6) is -0.254. The molecule has 0 aliphatic heterocycles. The van der Waals surface area contributed by atoms with Gasteiger partial charge in [-0.3, -0.25) is 4.98 Å². The minimum absolute atomic E-state index is 0. The highest BCUT2D eigenvalue weighted by atomic mass is 79.9. The monoisotopic (exact) mass is 501 g/mol. The van der Waals surface area contributed by atoms with Crippen LogP contribution < -0.4 is 10.0 Å². The molecule has 9 heteroatoms. The van der Waals surface area contributed by atoms with Gasteiger partial charge in [0.15, 0.2) is 0 Å². The maximum absolute atomic E-state index is 12.9. The largest absolute Gasteiger partial charge is 0.315 e. The Kier molecular flexibility index (Phi) is 8.54. The fraction of sp³-hybridized carbons (Fsp3) is 0.250. The predicted octanol–water partition coefficient (Wildman–Crippen LogP) is 4.06. The van der Waals surface area contributed by atoms with E-state index in [1.807, 2.05) is 0 Å². The van der Waals surface area contributed by atoms with Crippen LogP contribution in [0.1, 0.15) is 12.5 Å². The Morgan fingerprint density at radius 1 is 1.14 bits per heavy atom. The van der Waals surface area contributed by atoms with Crippen LogP contribution in [0.5, 0.6) is 0 Å². The van der Waals surface area contributed by atoms with Crippen molar-refractivity contribution in [1.82, 2.24) is 15.0 Å². The lowest BCUT2D eigenvalue weighted by atomic mass is 10.1. The molecule has 1 atom stereocenters. The number of pyridine rings is 1. The number of halogens is 3. The van der Waals surface area contributed by atoms with Gasteiger partial charge in [-0.25, -0.2) is 17.5 Å². The number of hydrogen-bond acceptors (Lipinski definition) is 4. The summed E-state index contributed by atoms with van der Waals surface area (Å²) < 4.78 is 41.6. The topological polar surface area (TPSA) is 71.1 Å². The second kappa shape index (κ2) is 10.4. The van der Waals surface area contributed by atoms with Crippen LogP contribution in [0.25, 0.3) is 10.8 Å². The van der Waals surface area contributed by atoms with Crippen molar-refractivity contribution in [3.05, 3.63) is 70.7 Å². The van der Waals surface area contributed by atoms with Gasteiger partial charge in [-0.05, 0) is 77.1 Å². The van der Waals surface area contributed by atoms with Gasteiger partial charge in [0.1, 0.15) is 5.82 Å². The van der Waals surface area contributed by atoms with Gasteiger partial charge in [0.05, 0.1) is 4.90 Å². The SMILES string of the molecule is C[C@H](CNCCc1ccc(F)cc1)NS(=O)(=O)c1cc2ccncc2cc1Br.Cl. The zero-order chi connectivity index (χ0) is 20.1. The lowest BCUT2D eigenvalue weighted by Crippen LogP contribution is -2.40. The van der Waals surface area contributed by atoms with Crippen LogP contribution in [0.4, 0.5) is 4.39 Å². The van der Waals surface area contributed by atoms with E-state index in [4.69, 9.17) is 0 Å². The Morgan fingerprint density at radius 2 is 1.86 bits per heavy atom. The third kappa shape index (κ3) is 6.45. The Labute approximate surface area is 184 Å². The summed E-state index contributed by atoms with van der Waals surface area (Å²) >= 11 is 3.35. The number of sulfonamides is 1. The first-order valence-corrected chi connectivity index (χ1v) is 11.1. The highest BCUT2D eigenvalue weighted by Gasteiger charge is 2.20. The minimum atomic E-state index is -3.67. The molecule has 1 aromatic heterocycles. The Bertz CT molecular complexity index is 1070. The van der Waals surface area contributed by atoms with Crippen LogP contribution in [0.2, 0.25) is 0 Å². The van der Waals surface area contributed by atoms with Crippen LogP contribution in [-0.4, -0.2) is 32.5 Å². The maximum atomic E-state index is 12.9. The molecule has 0 unspecified atom stereocenters. The van der Waals surface area contributed by atoms with Crippen molar-refractivity contribution < 1.29 is 12.8 Å². The normalized spacial score (nSPS) is 12.5. The van der Waals surface area contributed by atoms with Crippen LogP contribution in [0.15, 0.2) is 64.2 Å². The molecular formula is C20H22BrClFN3O2S. The average Bonchev–Trinajstić information content (AvgIpc) is 2.65. The van der Waals surface area contributed by atoms with Gasteiger partial charge >= 0.3 is 0 Å². The summed E-state index contributed by atoms with van der Waals surface area (Å²) in [6.07, 6.45) is 4.06. The number of nitrogens with one attached hydrogen (secondary N) is 2. The standard InChI is InChI=1S/C20H21BrFN3O2S.ClH/c1-14(12-23-8-6-15-2-4-18(22)5-3-15)25-28(26,27)20-11-16-7-9-24-13-17(16)10-19(20)21;/h2-5,7,9-11,13-14,23,25H,6,8,12H2,1H3;1H/t14-;/m1./s1. The first-order valence-electron chi connectivity index (χ1n) is 8.86. The number of fused-ring (bicyclic) bond motifs is 1. The van der Waals surface area contributed by atoms with Crippen molar-refractivity contribution in [1.29, 1.82) is 0 Å². The number of aromatic nitrogens is 1. The van der Waals surface area contributed by atoms with Gasteiger partial charge in [0, 0.05) is 34.8 Å². The molecule has 0 bridgehead atoms. The van der Waals surface area contributed by atoms with Gasteiger partial charge in [-0.1, -0.05) is 12.1 Å². The highest BCUT2D eigenvalue weighted by molar-refractivity contribution is 9.10. The number of nitrogens with zero attached hydrogens (tertiary/aromatic N) is 1. The summed E-state index contributed by atoms with van der Waals surface area (Å²) in [6, 6.07) is 11.2. The fourth-order valence-electron chi connectivity index (χ4n) is 2.87. The Balaban J connectivity index is 0.00000300. The first-order chi connectivity index (χ1) is 13.3. The van der Waals surface area contributed by atoms with Gasteiger partial charge in [-0.2, -0.15) is 0 Å². The molecule has 0 aliphatic rings. The molecule has 3 aromatic rings. The van der Waals surface area contributed by atoms with Crippen molar-refractivity contribution in [3.8, 4) is 0 Å². The van der Waals surface area contributed by atoms with E-state index in [1.165, 1.54) is 12.1 Å². The Morgan fingerprint density at radius 3 is 2.59 bits per heavy atom. The van der Waals surface area contributed by atoms with Crippen LogP contribution >= 0.6 is 28.3 Å². The third-order valence-corrected chi connectivity index (χ3v) is 6.84. The van der Waals surface area contributed by atoms with E-state index < -0.39 is 10.0 Å². The van der Waals surface area contributed by atoms with E-state index in [0.29, 0.717) is 17.6 Å². The molecule has 2 N–H and O–H groups in total. The molecule has 1 heterocycles. The molecule has 156 valence electrons. The first kappa shape index (κ1) is 23.7. The molecule has 0 fully saturated rings. The van der Waals surface area contributed by atoms with E-state index in [1.54, 1.807) is 49.6 Å². The summed E-state index contributed by atoms with van der Waals surface area (Å²) in [4.78, 5) is 4.25. The quantitative estimate of drug-likeness (QED) is 0.456. The number of rotatable bonds is 8. The van der Waals surface area contributed by atoms with Crippen LogP contribution in [0.3, 0.4) is 0 Å². The minimum Gasteiger partial charge on any atom is -0.315 e. The zero-order valence-electron chi connectivity index (χ0n) is 15.7. The second-order valence-corrected chi connectivity index (χ2v) is 9.15. The molecule has 3 rings (SSSR count). The lowest BCUT2D eigenvalue weighted by molar-refractivity contribution is 0.537. The van der Waals surface area contributed by atoms with Crippen molar-refractivity contribution in [2.75, 3.05) is 13.1 Å². The Hall–Kier alpha value is -1.58. The van der Waals surface area contributed by atoms with Crippen molar-refractivity contribution in [3.63, 3.8) is 0 Å². The zero-order valence-corrected chi connectivity index (χ0v) is 18.9. The molecule has 0 aliphatic carbocycles. The van der Waals surface area contributed by atoms with Gasteiger partial charge in [0.2, 0.25) is 10.0 Å². The van der Waals surface area contributed by atoms with E-state index in [0.717, 1.165) is 22.8 Å². The number of benzene rings is 2. The molecular weight excluding hydrogens is 481 g/mol. The molecule has 0 radical (unpaired) electrons. The molecule has 0 amide bonds. The second-order valence-electron chi connectivity index (χ2n) is 6.61. The summed E-state index contributed by atoms with van der Waals surface area (Å²) in [5, 5.41) is 4.90. The van der Waals surface area contributed by atoms with Crippen molar-refractivity contribution >= 4 is 49.1 Å². The smallest absolute Gasteiger partial charge is 0.241 e. The molecule has 0 spiro atoms. The van der Waals surface area contributed by atoms with E-state index in [2.05, 4.69) is 31.0 Å². The van der Waals surface area contributed by atoms with Gasteiger partial charge < -0.3 is 5.32 Å². The number of hydrogen-bond donors (Lipinski definition) is 2. The molecule has 29 heavy (non-hydrogen) atoms. The summed E-state index contributed by atoms with van der Waals surface area (Å²) in [7, 11) is -3.67. The van der Waals surface area contributed by atoms with Gasteiger partial charge in [-0.15, -0.1) is 12.4 Å². The summed E-state index contributed by atoms with van der Waals surface area (Å²) in [6.45, 7) is 2.96. The average molecular weight is 503 g/mol. The van der Waals surface area contributed by atoms with E-state index >= 15 is 0 Å². The molecule has 5 nitrogen and oxygen atoms in total. The van der Waals surface area contributed by atoms with Crippen molar-refractivity contribution in [2.45, 2.75) is 24.3 Å². The molecule has 2 aromatic carbocycles. The van der Waals surface area contributed by atoms with Gasteiger partial charge in [0.25, 0.3) is 0 Å². The summed E-state index contributed by atoms with van der Waals surface area (Å²) in [5.41, 5.74) is 1.02.